The van der Waals surface area contributed by atoms with E-state index in [4.69, 9.17) is 11.6 Å². The highest BCUT2D eigenvalue weighted by Gasteiger charge is 2.28. The normalized spacial score (nSPS) is 11.4. The van der Waals surface area contributed by atoms with Crippen molar-refractivity contribution in [2.75, 3.05) is 0 Å². The molecule has 0 amide bonds. The van der Waals surface area contributed by atoms with E-state index in [-0.39, 0.29) is 33.9 Å². The van der Waals surface area contributed by atoms with Gasteiger partial charge in [-0.2, -0.15) is 13.2 Å². The number of carbonyl (C=O) groups is 1. The van der Waals surface area contributed by atoms with Crippen LogP contribution in [0.4, 0.5) is 13.2 Å². The van der Waals surface area contributed by atoms with E-state index in [0.717, 1.165) is 0 Å². The molecule has 2 aromatic rings. The van der Waals surface area contributed by atoms with Crippen molar-refractivity contribution in [2.45, 2.75) is 11.3 Å². The smallest absolute Gasteiger partial charge is 0.289 e. The lowest BCUT2D eigenvalue weighted by Crippen LogP contribution is -2.03. The highest BCUT2D eigenvalue weighted by atomic mass is 35.5. The Balaban J connectivity index is 2.18. The monoisotopic (exact) mass is 330 g/mol. The maximum Gasteiger partial charge on any atom is 0.442 e. The van der Waals surface area contributed by atoms with E-state index in [9.17, 15) is 18.0 Å². The molecular formula is C15H10ClF3OS. The average Bonchev–Trinajstić information content (AvgIpc) is 2.45. The van der Waals surface area contributed by atoms with E-state index in [2.05, 4.69) is 0 Å². The zero-order chi connectivity index (χ0) is 15.5. The summed E-state index contributed by atoms with van der Waals surface area (Å²) in [6.07, 6.45) is 0. The van der Waals surface area contributed by atoms with Crippen molar-refractivity contribution in [2.24, 2.45) is 0 Å². The number of thioether (sulfide) groups is 1. The van der Waals surface area contributed by atoms with Gasteiger partial charge in [0.15, 0.2) is 5.78 Å². The Hall–Kier alpha value is -1.46. The second-order valence-corrected chi connectivity index (χ2v) is 5.69. The first-order valence-electron chi connectivity index (χ1n) is 5.96. The quantitative estimate of drug-likeness (QED) is 0.705. The first-order valence-corrected chi connectivity index (χ1v) is 7.32. The third-order valence-corrected chi connectivity index (χ3v) is 3.83. The summed E-state index contributed by atoms with van der Waals surface area (Å²) in [5, 5.41) is 0.157. The summed E-state index contributed by atoms with van der Waals surface area (Å²) in [7, 11) is 0. The van der Waals surface area contributed by atoms with Crippen LogP contribution >= 0.6 is 23.4 Å². The third-order valence-electron chi connectivity index (χ3n) is 2.72. The Morgan fingerprint density at radius 2 is 1.76 bits per heavy atom. The molecule has 0 N–H and O–H groups in total. The fourth-order valence-electron chi connectivity index (χ4n) is 1.74. The summed E-state index contributed by atoms with van der Waals surface area (Å²) in [5.74, 6) is -0.487. The molecule has 0 fully saturated rings. The average molecular weight is 331 g/mol. The van der Waals surface area contributed by atoms with Crippen LogP contribution in [0.2, 0.25) is 5.02 Å². The minimum atomic E-state index is -4.29. The molecule has 6 heteroatoms. The van der Waals surface area contributed by atoms with Crippen LogP contribution in [0.15, 0.2) is 48.5 Å². The van der Waals surface area contributed by atoms with E-state index in [0.29, 0.717) is 11.1 Å². The van der Waals surface area contributed by atoms with Crippen LogP contribution in [0.1, 0.15) is 21.5 Å². The lowest BCUT2D eigenvalue weighted by atomic mass is 10.0. The summed E-state index contributed by atoms with van der Waals surface area (Å²) in [5.41, 5.74) is -3.10. The Labute approximate surface area is 129 Å². The number of hydrogen-bond acceptors (Lipinski definition) is 2. The van der Waals surface area contributed by atoms with Crippen LogP contribution < -0.4 is 0 Å². The summed E-state index contributed by atoms with van der Waals surface area (Å²) >= 11 is 5.88. The number of carbonyl (C=O) groups excluding carboxylic acids is 1. The van der Waals surface area contributed by atoms with Gasteiger partial charge in [-0.25, -0.2) is 0 Å². The number of hydrogen-bond donors (Lipinski definition) is 0. The highest BCUT2D eigenvalue weighted by Crippen LogP contribution is 2.33. The Kier molecular flexibility index (Phi) is 4.96. The SMILES string of the molecule is O=C(c1ccccc1)c1ccc(CSC(F)(F)F)cc1Cl. The molecule has 1 nitrogen and oxygen atoms in total. The molecule has 2 rings (SSSR count). The van der Waals surface area contributed by atoms with Gasteiger partial charge in [0.1, 0.15) is 0 Å². The largest absolute Gasteiger partial charge is 0.442 e. The van der Waals surface area contributed by atoms with Gasteiger partial charge >= 0.3 is 5.51 Å². The van der Waals surface area contributed by atoms with Crippen molar-refractivity contribution in [1.82, 2.24) is 0 Å². The van der Waals surface area contributed by atoms with Gasteiger partial charge in [0.25, 0.3) is 0 Å². The van der Waals surface area contributed by atoms with E-state index in [1.54, 1.807) is 30.3 Å². The molecule has 0 bridgehead atoms. The van der Waals surface area contributed by atoms with Crippen LogP contribution in [0.25, 0.3) is 0 Å². The molecule has 0 spiro atoms. The number of ketones is 1. The molecule has 0 aliphatic carbocycles. The van der Waals surface area contributed by atoms with Gasteiger partial charge in [0.2, 0.25) is 0 Å². The van der Waals surface area contributed by atoms with Crippen LogP contribution in [-0.4, -0.2) is 11.3 Å². The fourth-order valence-corrected chi connectivity index (χ4v) is 2.54. The maximum atomic E-state index is 12.2. The van der Waals surface area contributed by atoms with Crippen molar-refractivity contribution in [3.8, 4) is 0 Å². The minimum absolute atomic E-state index is 0.138. The van der Waals surface area contributed by atoms with Gasteiger partial charge < -0.3 is 0 Å². The van der Waals surface area contributed by atoms with Crippen LogP contribution in [0.3, 0.4) is 0 Å². The van der Waals surface area contributed by atoms with Crippen LogP contribution in [-0.2, 0) is 5.75 Å². The Bertz CT molecular complexity index is 641. The van der Waals surface area contributed by atoms with E-state index >= 15 is 0 Å². The second-order valence-electron chi connectivity index (χ2n) is 4.24. The summed E-state index contributed by atoms with van der Waals surface area (Å²) in [6.45, 7) is 0. The fraction of sp³-hybridized carbons (Fsp3) is 0.133. The number of benzene rings is 2. The Morgan fingerprint density at radius 3 is 2.33 bits per heavy atom. The molecule has 0 saturated heterocycles. The van der Waals surface area contributed by atoms with Gasteiger partial charge in [0, 0.05) is 16.9 Å². The molecule has 0 atom stereocenters. The van der Waals surface area contributed by atoms with Gasteiger partial charge in [-0.15, -0.1) is 0 Å². The van der Waals surface area contributed by atoms with Gasteiger partial charge in [-0.1, -0.05) is 48.0 Å². The predicted octanol–water partition coefficient (Wildman–Crippen LogP) is 5.32. The molecule has 2 aromatic carbocycles. The molecule has 0 aliphatic rings. The summed E-state index contributed by atoms with van der Waals surface area (Å²) < 4.78 is 36.4. The lowest BCUT2D eigenvalue weighted by molar-refractivity contribution is -0.0329. The van der Waals surface area contributed by atoms with E-state index in [1.165, 1.54) is 18.2 Å². The number of halogens is 4. The van der Waals surface area contributed by atoms with E-state index in [1.807, 2.05) is 0 Å². The second kappa shape index (κ2) is 6.54. The maximum absolute atomic E-state index is 12.2. The molecule has 21 heavy (non-hydrogen) atoms. The third kappa shape index (κ3) is 4.51. The molecule has 110 valence electrons. The summed E-state index contributed by atoms with van der Waals surface area (Å²) in [6, 6.07) is 12.9. The lowest BCUT2D eigenvalue weighted by Gasteiger charge is -2.08. The number of alkyl halides is 3. The van der Waals surface area contributed by atoms with Crippen molar-refractivity contribution in [3.63, 3.8) is 0 Å². The van der Waals surface area contributed by atoms with Gasteiger partial charge in [-0.05, 0) is 29.5 Å². The molecule has 0 heterocycles. The van der Waals surface area contributed by atoms with Crippen molar-refractivity contribution in [1.29, 1.82) is 0 Å². The van der Waals surface area contributed by atoms with Crippen molar-refractivity contribution >= 4 is 29.1 Å². The van der Waals surface area contributed by atoms with Crippen molar-refractivity contribution < 1.29 is 18.0 Å². The van der Waals surface area contributed by atoms with Crippen LogP contribution in [0, 0.1) is 0 Å². The van der Waals surface area contributed by atoms with Gasteiger partial charge in [0.05, 0.1) is 5.02 Å². The molecule has 0 unspecified atom stereocenters. The first kappa shape index (κ1) is 15.9. The minimum Gasteiger partial charge on any atom is -0.289 e. The zero-order valence-corrected chi connectivity index (χ0v) is 12.2. The number of rotatable bonds is 4. The topological polar surface area (TPSA) is 17.1 Å². The molecule has 0 aromatic heterocycles. The van der Waals surface area contributed by atoms with Crippen LogP contribution in [0.5, 0.6) is 0 Å². The molecular weight excluding hydrogens is 321 g/mol. The Morgan fingerprint density at radius 1 is 1.10 bits per heavy atom. The standard InChI is InChI=1S/C15H10ClF3OS/c16-13-8-10(9-21-15(17,18)19)6-7-12(13)14(20)11-4-2-1-3-5-11/h1-8H,9H2. The zero-order valence-electron chi connectivity index (χ0n) is 10.7. The first-order chi connectivity index (χ1) is 9.87. The molecule has 0 aliphatic heterocycles. The van der Waals surface area contributed by atoms with E-state index < -0.39 is 5.51 Å². The molecule has 0 radical (unpaired) electrons. The highest BCUT2D eigenvalue weighted by molar-refractivity contribution is 7.99. The van der Waals surface area contributed by atoms with Crippen molar-refractivity contribution in [3.05, 3.63) is 70.2 Å². The van der Waals surface area contributed by atoms with Gasteiger partial charge in [-0.3, -0.25) is 4.79 Å². The molecule has 0 saturated carbocycles. The predicted molar refractivity (Wildman–Crippen MR) is 78.7 cm³/mol. The summed E-state index contributed by atoms with van der Waals surface area (Å²) in [4.78, 5) is 12.2.